The molecule has 0 aromatic heterocycles. The Kier molecular flexibility index (Phi) is 6.77. The number of benzene rings is 4. The van der Waals surface area contributed by atoms with Crippen LogP contribution in [0.15, 0.2) is 121 Å². The fraction of sp³-hybridized carbons (Fsp3) is 0.143. The lowest BCUT2D eigenvalue weighted by Crippen LogP contribution is -2.57. The third kappa shape index (κ3) is 4.29. The highest BCUT2D eigenvalue weighted by atomic mass is 31.2. The highest BCUT2D eigenvalue weighted by Gasteiger charge is 2.49. The number of hydrogen-bond acceptors (Lipinski definition) is 1. The number of piperazine rings is 1. The van der Waals surface area contributed by atoms with Crippen molar-refractivity contribution in [1.82, 2.24) is 5.32 Å². The lowest BCUT2D eigenvalue weighted by molar-refractivity contribution is -0.673. The predicted molar refractivity (Wildman–Crippen MR) is 141 cm³/mol. The highest BCUT2D eigenvalue weighted by molar-refractivity contribution is 7.79. The monoisotopic (exact) mass is 455 g/mol. The Labute approximate surface area is 194 Å². The molecule has 4 heteroatoms. The zero-order valence-corrected chi connectivity index (χ0v) is 20.0. The SMILES string of the molecule is c1ccc(P(c2ccccc2)[N+]2(P(c3ccccc3)c3ccccc3)CCNCC2)cc1. The van der Waals surface area contributed by atoms with Crippen LogP contribution in [-0.2, 0) is 0 Å². The van der Waals surface area contributed by atoms with E-state index in [1.54, 1.807) is 0 Å². The Morgan fingerprint density at radius 2 is 0.719 bits per heavy atom. The standard InChI is InChI=1S/C28H29N2P2/c1-5-13-25(14-6-1)31(26-15-7-2-8-16-26)30(23-21-29-22-24-30)32(27-17-9-3-10-18-27)28-19-11-4-12-20-28/h1-20,29H,21-24H2/q+1. The molecule has 0 aliphatic carbocycles. The van der Waals surface area contributed by atoms with Gasteiger partial charge in [-0.3, -0.25) is 4.02 Å². The molecule has 160 valence electrons. The van der Waals surface area contributed by atoms with Crippen molar-refractivity contribution in [2.45, 2.75) is 0 Å². The van der Waals surface area contributed by atoms with Gasteiger partial charge in [-0.2, -0.15) is 0 Å². The van der Waals surface area contributed by atoms with E-state index >= 15 is 0 Å². The molecular weight excluding hydrogens is 426 g/mol. The largest absolute Gasteiger partial charge is 0.306 e. The van der Waals surface area contributed by atoms with Crippen LogP contribution in [0, 0.1) is 0 Å². The maximum absolute atomic E-state index is 3.66. The van der Waals surface area contributed by atoms with Gasteiger partial charge in [0.1, 0.15) is 0 Å². The maximum Gasteiger partial charge on any atom is 0.170 e. The number of hydrogen-bond donors (Lipinski definition) is 1. The molecule has 0 bridgehead atoms. The normalized spacial score (nSPS) is 15.7. The van der Waals surface area contributed by atoms with Crippen LogP contribution in [0.3, 0.4) is 0 Å². The summed E-state index contributed by atoms with van der Waals surface area (Å²) in [5.41, 5.74) is 0. The summed E-state index contributed by atoms with van der Waals surface area (Å²) in [6.45, 7) is 4.37. The van der Waals surface area contributed by atoms with Crippen molar-refractivity contribution < 1.29 is 4.02 Å². The average Bonchev–Trinajstić information content (AvgIpc) is 2.88. The topological polar surface area (TPSA) is 12.0 Å². The zero-order valence-electron chi connectivity index (χ0n) is 18.2. The van der Waals surface area contributed by atoms with Gasteiger partial charge in [-0.05, 0) is 48.5 Å². The van der Waals surface area contributed by atoms with E-state index in [0.717, 1.165) is 30.2 Å². The molecule has 0 amide bonds. The van der Waals surface area contributed by atoms with Crippen LogP contribution in [0.2, 0.25) is 0 Å². The molecule has 0 radical (unpaired) electrons. The molecule has 1 N–H and O–H groups in total. The molecule has 0 spiro atoms. The van der Waals surface area contributed by atoms with E-state index < -0.39 is 16.1 Å². The molecule has 1 aliphatic heterocycles. The van der Waals surface area contributed by atoms with Crippen molar-refractivity contribution in [3.8, 4) is 0 Å². The van der Waals surface area contributed by atoms with Crippen molar-refractivity contribution in [3.63, 3.8) is 0 Å². The minimum Gasteiger partial charge on any atom is -0.306 e. The number of rotatable bonds is 6. The summed E-state index contributed by atoms with van der Waals surface area (Å²) in [6, 6.07) is 45.0. The fourth-order valence-corrected chi connectivity index (χ4v) is 12.0. The molecule has 5 rings (SSSR count). The lowest BCUT2D eigenvalue weighted by atomic mass is 10.4. The van der Waals surface area contributed by atoms with Crippen molar-refractivity contribution in [2.75, 3.05) is 26.2 Å². The van der Waals surface area contributed by atoms with Crippen LogP contribution in [-0.4, -0.2) is 30.2 Å². The van der Waals surface area contributed by atoms with Crippen molar-refractivity contribution >= 4 is 37.4 Å². The molecule has 2 nitrogen and oxygen atoms in total. The van der Waals surface area contributed by atoms with Crippen LogP contribution in [0.4, 0.5) is 0 Å². The van der Waals surface area contributed by atoms with Gasteiger partial charge in [-0.25, -0.2) is 0 Å². The molecular formula is C28H29N2P2+. The molecule has 1 saturated heterocycles. The minimum absolute atomic E-state index is 0.614. The Morgan fingerprint density at radius 1 is 0.438 bits per heavy atom. The Hall–Kier alpha value is -2.34. The Balaban J connectivity index is 1.77. The van der Waals surface area contributed by atoms with Gasteiger partial charge in [0.15, 0.2) is 16.1 Å². The minimum atomic E-state index is -0.614. The van der Waals surface area contributed by atoms with Gasteiger partial charge in [-0.15, -0.1) is 0 Å². The zero-order chi connectivity index (χ0) is 21.6. The van der Waals surface area contributed by atoms with Gasteiger partial charge in [0, 0.05) is 34.3 Å². The molecule has 32 heavy (non-hydrogen) atoms. The first kappa shape index (κ1) is 21.5. The maximum atomic E-state index is 3.66. The molecule has 4 aromatic rings. The molecule has 1 fully saturated rings. The van der Waals surface area contributed by atoms with Gasteiger partial charge in [0.05, 0.1) is 13.1 Å². The predicted octanol–water partition coefficient (Wildman–Crippen LogP) is 4.50. The van der Waals surface area contributed by atoms with Crippen LogP contribution in [0.25, 0.3) is 0 Å². The van der Waals surface area contributed by atoms with E-state index in [-0.39, 0.29) is 0 Å². The third-order valence-electron chi connectivity index (χ3n) is 6.04. The molecule has 4 aromatic carbocycles. The first-order valence-electron chi connectivity index (χ1n) is 11.3. The molecule has 1 aliphatic rings. The second kappa shape index (κ2) is 10.1. The lowest BCUT2D eigenvalue weighted by Gasteiger charge is -2.51. The molecule has 1 heterocycles. The summed E-state index contributed by atoms with van der Waals surface area (Å²) in [4.78, 5) is 0. The van der Waals surface area contributed by atoms with Crippen LogP contribution >= 0.6 is 16.1 Å². The van der Waals surface area contributed by atoms with E-state index in [1.165, 1.54) is 21.2 Å². The second-order valence-corrected chi connectivity index (χ2v) is 13.2. The third-order valence-corrected chi connectivity index (χ3v) is 12.6. The van der Waals surface area contributed by atoms with Crippen LogP contribution < -0.4 is 26.5 Å². The summed E-state index contributed by atoms with van der Waals surface area (Å²) >= 11 is 0. The summed E-state index contributed by atoms with van der Waals surface area (Å²) in [5, 5.41) is 9.53. The van der Waals surface area contributed by atoms with Gasteiger partial charge < -0.3 is 5.32 Å². The van der Waals surface area contributed by atoms with Gasteiger partial charge in [0.2, 0.25) is 0 Å². The van der Waals surface area contributed by atoms with E-state index in [1.807, 2.05) is 0 Å². The summed E-state index contributed by atoms with van der Waals surface area (Å²) in [7, 11) is -1.23. The van der Waals surface area contributed by atoms with Crippen LogP contribution in [0.1, 0.15) is 0 Å². The fourth-order valence-electron chi connectivity index (χ4n) is 4.68. The summed E-state index contributed by atoms with van der Waals surface area (Å²) in [6.07, 6.45) is 0. The quantitative estimate of drug-likeness (QED) is 0.422. The van der Waals surface area contributed by atoms with E-state index in [4.69, 9.17) is 0 Å². The Bertz CT molecular complexity index is 935. The first-order chi connectivity index (χ1) is 15.9. The Morgan fingerprint density at radius 3 is 1.00 bits per heavy atom. The number of nitrogens with zero attached hydrogens (tertiary/aromatic N) is 1. The van der Waals surface area contributed by atoms with Gasteiger partial charge in [-0.1, -0.05) is 72.8 Å². The highest BCUT2D eigenvalue weighted by Crippen LogP contribution is 2.62. The molecule has 0 unspecified atom stereocenters. The van der Waals surface area contributed by atoms with E-state index in [9.17, 15) is 0 Å². The number of nitrogens with one attached hydrogen (secondary N) is 1. The van der Waals surface area contributed by atoms with Crippen molar-refractivity contribution in [2.24, 2.45) is 0 Å². The van der Waals surface area contributed by atoms with Gasteiger partial charge >= 0.3 is 0 Å². The molecule has 0 saturated carbocycles. The van der Waals surface area contributed by atoms with E-state index in [0.29, 0.717) is 0 Å². The summed E-state index contributed by atoms with van der Waals surface area (Å²) < 4.78 is 1.11. The summed E-state index contributed by atoms with van der Waals surface area (Å²) in [5.74, 6) is 0. The van der Waals surface area contributed by atoms with Crippen LogP contribution in [0.5, 0.6) is 0 Å². The van der Waals surface area contributed by atoms with E-state index in [2.05, 4.69) is 127 Å². The molecule has 0 atom stereocenters. The smallest absolute Gasteiger partial charge is 0.170 e. The van der Waals surface area contributed by atoms with Gasteiger partial charge in [0.25, 0.3) is 0 Å². The van der Waals surface area contributed by atoms with Crippen molar-refractivity contribution in [1.29, 1.82) is 0 Å². The van der Waals surface area contributed by atoms with Crippen molar-refractivity contribution in [3.05, 3.63) is 121 Å². The average molecular weight is 456 g/mol. The number of quaternary nitrogens is 1. The first-order valence-corrected chi connectivity index (χ1v) is 13.9. The second-order valence-electron chi connectivity index (χ2n) is 8.04.